The molecule has 1 aliphatic heterocycles. The van der Waals surface area contributed by atoms with E-state index in [0.29, 0.717) is 0 Å². The number of benzene rings is 1. The molecule has 1 aromatic carbocycles. The highest BCUT2D eigenvalue weighted by Gasteiger charge is 2.42. The van der Waals surface area contributed by atoms with E-state index in [9.17, 15) is 4.79 Å². The van der Waals surface area contributed by atoms with Gasteiger partial charge >= 0.3 is 0 Å². The van der Waals surface area contributed by atoms with Crippen molar-refractivity contribution in [3.8, 4) is 11.1 Å². The molecular formula is C15H16N2OS. The lowest BCUT2D eigenvalue weighted by Crippen LogP contribution is -2.33. The van der Waals surface area contributed by atoms with E-state index in [2.05, 4.69) is 6.07 Å². The Morgan fingerprint density at radius 2 is 1.95 bits per heavy atom. The standard InChI is InChI=1S/C15H16N2OS/c1-15(2)11-6-9(10-7-13(16)19-8-10)4-5-12(11)17(3)14(15)18/h4-8H,16H2,1-3H3. The maximum absolute atomic E-state index is 12.2. The molecule has 0 saturated heterocycles. The number of carbonyl (C=O) groups excluding carboxylic acids is 1. The summed E-state index contributed by atoms with van der Waals surface area (Å²) < 4.78 is 0. The number of likely N-dealkylation sites (N-methyl/N-ethyl adjacent to an activating group) is 1. The number of rotatable bonds is 1. The van der Waals surface area contributed by atoms with Gasteiger partial charge in [-0.05, 0) is 48.7 Å². The van der Waals surface area contributed by atoms with Gasteiger partial charge in [0.15, 0.2) is 0 Å². The summed E-state index contributed by atoms with van der Waals surface area (Å²) in [6.07, 6.45) is 0. The van der Waals surface area contributed by atoms with Gasteiger partial charge in [0.05, 0.1) is 10.4 Å². The van der Waals surface area contributed by atoms with Gasteiger partial charge in [0.25, 0.3) is 0 Å². The Bertz CT molecular complexity index is 673. The number of carbonyl (C=O) groups is 1. The van der Waals surface area contributed by atoms with E-state index in [4.69, 9.17) is 5.73 Å². The first-order valence-electron chi connectivity index (χ1n) is 6.18. The largest absolute Gasteiger partial charge is 0.391 e. The molecule has 1 amide bonds. The second-order valence-corrected chi connectivity index (χ2v) is 6.40. The molecule has 2 aromatic rings. The highest BCUT2D eigenvalue weighted by Crippen LogP contribution is 2.43. The number of hydrogen-bond acceptors (Lipinski definition) is 3. The van der Waals surface area contributed by atoms with Crippen LogP contribution in [0, 0.1) is 0 Å². The maximum Gasteiger partial charge on any atom is 0.236 e. The van der Waals surface area contributed by atoms with Gasteiger partial charge in [-0.1, -0.05) is 6.07 Å². The summed E-state index contributed by atoms with van der Waals surface area (Å²) in [4.78, 5) is 14.0. The smallest absolute Gasteiger partial charge is 0.236 e. The Hall–Kier alpha value is -1.81. The summed E-state index contributed by atoms with van der Waals surface area (Å²) in [5.41, 5.74) is 9.64. The molecule has 0 atom stereocenters. The van der Waals surface area contributed by atoms with Crippen LogP contribution in [0.2, 0.25) is 0 Å². The predicted octanol–water partition coefficient (Wildman–Crippen LogP) is 3.25. The minimum Gasteiger partial charge on any atom is -0.391 e. The lowest BCUT2D eigenvalue weighted by Gasteiger charge is -2.16. The third-order valence-electron chi connectivity index (χ3n) is 3.82. The number of amides is 1. The van der Waals surface area contributed by atoms with Gasteiger partial charge in [-0.25, -0.2) is 0 Å². The number of anilines is 2. The van der Waals surface area contributed by atoms with Gasteiger partial charge in [0.1, 0.15) is 0 Å². The van der Waals surface area contributed by atoms with Crippen molar-refractivity contribution in [2.24, 2.45) is 0 Å². The maximum atomic E-state index is 12.2. The zero-order chi connectivity index (χ0) is 13.8. The number of nitrogens with zero attached hydrogens (tertiary/aromatic N) is 1. The molecule has 0 bridgehead atoms. The first-order valence-corrected chi connectivity index (χ1v) is 7.06. The lowest BCUT2D eigenvalue weighted by atomic mass is 9.85. The van der Waals surface area contributed by atoms with E-state index in [1.165, 1.54) is 11.3 Å². The Kier molecular flexibility index (Phi) is 2.47. The van der Waals surface area contributed by atoms with Gasteiger partial charge in [0, 0.05) is 18.1 Å². The molecule has 0 saturated carbocycles. The van der Waals surface area contributed by atoms with Gasteiger partial charge in [-0.15, -0.1) is 11.3 Å². The topological polar surface area (TPSA) is 46.3 Å². The van der Waals surface area contributed by atoms with Crippen molar-refractivity contribution in [1.29, 1.82) is 0 Å². The number of fused-ring (bicyclic) bond motifs is 1. The molecule has 0 unspecified atom stereocenters. The van der Waals surface area contributed by atoms with Crippen molar-refractivity contribution >= 4 is 27.9 Å². The van der Waals surface area contributed by atoms with Crippen molar-refractivity contribution in [2.75, 3.05) is 17.7 Å². The zero-order valence-electron chi connectivity index (χ0n) is 11.2. The normalized spacial score (nSPS) is 16.8. The van der Waals surface area contributed by atoms with Crippen LogP contribution in [0.3, 0.4) is 0 Å². The fourth-order valence-electron chi connectivity index (χ4n) is 2.66. The number of nitrogens with two attached hydrogens (primary N) is 1. The lowest BCUT2D eigenvalue weighted by molar-refractivity contribution is -0.121. The summed E-state index contributed by atoms with van der Waals surface area (Å²) in [5, 5.41) is 2.85. The van der Waals surface area contributed by atoms with E-state index >= 15 is 0 Å². The zero-order valence-corrected chi connectivity index (χ0v) is 12.0. The van der Waals surface area contributed by atoms with Crippen LogP contribution in [-0.4, -0.2) is 13.0 Å². The highest BCUT2D eigenvalue weighted by atomic mass is 32.1. The van der Waals surface area contributed by atoms with Crippen LogP contribution in [0.5, 0.6) is 0 Å². The molecular weight excluding hydrogens is 256 g/mol. The van der Waals surface area contributed by atoms with Crippen LogP contribution >= 0.6 is 11.3 Å². The van der Waals surface area contributed by atoms with E-state index < -0.39 is 5.41 Å². The van der Waals surface area contributed by atoms with E-state index in [0.717, 1.165) is 27.4 Å². The van der Waals surface area contributed by atoms with Crippen LogP contribution in [0.4, 0.5) is 10.7 Å². The Balaban J connectivity index is 2.16. The molecule has 0 fully saturated rings. The fourth-order valence-corrected chi connectivity index (χ4v) is 3.32. The predicted molar refractivity (Wildman–Crippen MR) is 80.6 cm³/mol. The average Bonchev–Trinajstić information content (AvgIpc) is 2.88. The quantitative estimate of drug-likeness (QED) is 0.866. The highest BCUT2D eigenvalue weighted by molar-refractivity contribution is 7.14. The summed E-state index contributed by atoms with van der Waals surface area (Å²) in [6, 6.07) is 8.15. The van der Waals surface area contributed by atoms with E-state index in [1.54, 1.807) is 4.90 Å². The van der Waals surface area contributed by atoms with Crippen molar-refractivity contribution < 1.29 is 4.79 Å². The Labute approximate surface area is 116 Å². The number of hydrogen-bond donors (Lipinski definition) is 1. The van der Waals surface area contributed by atoms with Crippen LogP contribution in [0.25, 0.3) is 11.1 Å². The monoisotopic (exact) mass is 272 g/mol. The first-order chi connectivity index (χ1) is 8.91. The van der Waals surface area contributed by atoms with Crippen LogP contribution in [0.1, 0.15) is 19.4 Å². The Morgan fingerprint density at radius 3 is 2.58 bits per heavy atom. The fraction of sp³-hybridized carbons (Fsp3) is 0.267. The van der Waals surface area contributed by atoms with E-state index in [1.807, 2.05) is 44.5 Å². The second kappa shape index (κ2) is 3.84. The van der Waals surface area contributed by atoms with Crippen LogP contribution < -0.4 is 10.6 Å². The van der Waals surface area contributed by atoms with Crippen molar-refractivity contribution in [1.82, 2.24) is 0 Å². The molecule has 1 aromatic heterocycles. The third-order valence-corrected chi connectivity index (χ3v) is 4.59. The van der Waals surface area contributed by atoms with Crippen LogP contribution in [0.15, 0.2) is 29.6 Å². The van der Waals surface area contributed by atoms with E-state index in [-0.39, 0.29) is 5.91 Å². The molecule has 2 heterocycles. The van der Waals surface area contributed by atoms with Gasteiger partial charge in [-0.3, -0.25) is 4.79 Å². The number of thiophene rings is 1. The number of nitrogen functional groups attached to an aromatic ring is 1. The molecule has 0 spiro atoms. The molecule has 3 rings (SSSR count). The molecule has 3 nitrogen and oxygen atoms in total. The van der Waals surface area contributed by atoms with Crippen LogP contribution in [-0.2, 0) is 10.2 Å². The molecule has 2 N–H and O–H groups in total. The molecule has 0 aliphatic carbocycles. The molecule has 4 heteroatoms. The summed E-state index contributed by atoms with van der Waals surface area (Å²) in [5.74, 6) is 0.143. The summed E-state index contributed by atoms with van der Waals surface area (Å²) in [7, 11) is 1.83. The van der Waals surface area contributed by atoms with Crippen molar-refractivity contribution in [2.45, 2.75) is 19.3 Å². The first kappa shape index (κ1) is 12.2. The molecule has 1 aliphatic rings. The Morgan fingerprint density at radius 1 is 1.21 bits per heavy atom. The van der Waals surface area contributed by atoms with Gasteiger partial charge in [-0.2, -0.15) is 0 Å². The summed E-state index contributed by atoms with van der Waals surface area (Å²) in [6.45, 7) is 3.95. The average molecular weight is 272 g/mol. The SMILES string of the molecule is CN1C(=O)C(C)(C)c2cc(-c3csc(N)c3)ccc21. The minimum absolute atomic E-state index is 0.143. The van der Waals surface area contributed by atoms with Gasteiger partial charge < -0.3 is 10.6 Å². The van der Waals surface area contributed by atoms with Crippen molar-refractivity contribution in [3.05, 3.63) is 35.2 Å². The molecule has 98 valence electrons. The molecule has 0 radical (unpaired) electrons. The van der Waals surface area contributed by atoms with Crippen molar-refractivity contribution in [3.63, 3.8) is 0 Å². The molecule has 19 heavy (non-hydrogen) atoms. The van der Waals surface area contributed by atoms with Gasteiger partial charge in [0.2, 0.25) is 5.91 Å². The summed E-state index contributed by atoms with van der Waals surface area (Å²) >= 11 is 1.53. The minimum atomic E-state index is -0.457. The second-order valence-electron chi connectivity index (χ2n) is 5.46. The third kappa shape index (κ3) is 1.67.